The van der Waals surface area contributed by atoms with Crippen LogP contribution in [0.3, 0.4) is 0 Å². The second-order valence-electron chi connectivity index (χ2n) is 1.48. The predicted octanol–water partition coefficient (Wildman–Crippen LogP) is 0.417. The van der Waals surface area contributed by atoms with Gasteiger partial charge in [-0.1, -0.05) is 0 Å². The molecule has 0 aliphatic rings. The van der Waals surface area contributed by atoms with Gasteiger partial charge >= 0.3 is 0 Å². The van der Waals surface area contributed by atoms with Crippen LogP contribution in [-0.2, 0) is 0 Å². The monoisotopic (exact) mass is 113 g/mol. The first-order chi connectivity index (χ1) is 3.81. The van der Waals surface area contributed by atoms with Crippen LogP contribution in [0.2, 0.25) is 0 Å². The van der Waals surface area contributed by atoms with Gasteiger partial charge in [-0.3, -0.25) is 5.43 Å². The quantitative estimate of drug-likeness (QED) is 0.426. The first kappa shape index (κ1) is 6.89. The molecule has 0 aromatic rings. The van der Waals surface area contributed by atoms with E-state index < -0.39 is 0 Å². The van der Waals surface area contributed by atoms with Gasteiger partial charge in [0.05, 0.1) is 18.5 Å². The molecule has 8 heavy (non-hydrogen) atoms. The van der Waals surface area contributed by atoms with Gasteiger partial charge in [-0.05, 0) is 6.92 Å². The van der Waals surface area contributed by atoms with Gasteiger partial charge in [-0.15, -0.1) is 4.91 Å². The highest BCUT2D eigenvalue weighted by Crippen LogP contribution is 1.85. The second kappa shape index (κ2) is 4.06. The maximum absolute atomic E-state index is 9.35. The lowest BCUT2D eigenvalue weighted by Crippen LogP contribution is -2.12. The van der Waals surface area contributed by atoms with Crippen LogP contribution in [0.1, 0.15) is 6.92 Å². The van der Waals surface area contributed by atoms with Crippen molar-refractivity contribution in [1.82, 2.24) is 5.43 Å². The second-order valence-corrected chi connectivity index (χ2v) is 1.48. The number of nitroso groups, excluding NO2 is 1. The van der Waals surface area contributed by atoms with Crippen LogP contribution in [0, 0.1) is 22.2 Å². The minimum atomic E-state index is -0.146. The number of hydrogen-bond acceptors (Lipinski definition) is 3. The van der Waals surface area contributed by atoms with E-state index in [0.29, 0.717) is 6.54 Å². The van der Waals surface area contributed by atoms with Crippen LogP contribution in [0.25, 0.3) is 0 Å². The molecule has 0 saturated carbocycles. The van der Waals surface area contributed by atoms with Crippen LogP contribution in [0.5, 0.6) is 0 Å². The normalized spacial score (nSPS) is 11.5. The molecule has 44 valence electrons. The number of rotatable bonds is 3. The molecule has 0 amide bonds. The molecule has 0 saturated heterocycles. The Morgan fingerprint density at radius 2 is 2.62 bits per heavy atom. The zero-order chi connectivity index (χ0) is 6.41. The maximum Gasteiger partial charge on any atom is 0.0672 e. The molecule has 4 heteroatoms. The average molecular weight is 113 g/mol. The largest absolute Gasteiger partial charge is 0.272 e. The maximum atomic E-state index is 9.35. The van der Waals surface area contributed by atoms with Crippen molar-refractivity contribution < 1.29 is 0 Å². The van der Waals surface area contributed by atoms with E-state index in [4.69, 9.17) is 5.26 Å². The summed E-state index contributed by atoms with van der Waals surface area (Å²) in [5.74, 6) is -0.146. The molecule has 0 spiro atoms. The van der Waals surface area contributed by atoms with Gasteiger partial charge in [-0.25, -0.2) is 0 Å². The summed E-state index contributed by atoms with van der Waals surface area (Å²) in [5.41, 5.74) is 2.15. The molecule has 0 fully saturated rings. The SMILES string of the molecule is CC(C#N)CNN=O. The van der Waals surface area contributed by atoms with E-state index in [-0.39, 0.29) is 5.92 Å². The van der Waals surface area contributed by atoms with Crippen LogP contribution in [-0.4, -0.2) is 6.54 Å². The Labute approximate surface area is 47.4 Å². The summed E-state index contributed by atoms with van der Waals surface area (Å²) < 4.78 is 0. The van der Waals surface area contributed by atoms with Crippen molar-refractivity contribution >= 4 is 0 Å². The lowest BCUT2D eigenvalue weighted by atomic mass is 10.2. The molecule has 0 aliphatic heterocycles. The van der Waals surface area contributed by atoms with Crippen molar-refractivity contribution in [3.8, 4) is 6.07 Å². The highest BCUT2D eigenvalue weighted by molar-refractivity contribution is 4.79. The molecule has 0 aromatic heterocycles. The third-order valence-corrected chi connectivity index (χ3v) is 0.682. The molecule has 4 nitrogen and oxygen atoms in total. The number of hydrogen-bond donors (Lipinski definition) is 1. The number of nitrogens with one attached hydrogen (secondary N) is 1. The van der Waals surface area contributed by atoms with Gasteiger partial charge in [0, 0.05) is 5.29 Å². The third kappa shape index (κ3) is 3.09. The Hall–Kier alpha value is -1.11. The molecular formula is C4H7N3O. The van der Waals surface area contributed by atoms with E-state index >= 15 is 0 Å². The van der Waals surface area contributed by atoms with Crippen LogP contribution >= 0.6 is 0 Å². The Morgan fingerprint density at radius 1 is 2.00 bits per heavy atom. The van der Waals surface area contributed by atoms with Gasteiger partial charge in [0.1, 0.15) is 0 Å². The summed E-state index contributed by atoms with van der Waals surface area (Å²) in [4.78, 5) is 9.35. The molecule has 1 N–H and O–H groups in total. The molecule has 0 radical (unpaired) electrons. The Kier molecular flexibility index (Phi) is 3.50. The summed E-state index contributed by atoms with van der Waals surface area (Å²) in [6, 6.07) is 1.94. The molecular weight excluding hydrogens is 106 g/mol. The molecule has 0 aromatic carbocycles. The van der Waals surface area contributed by atoms with Crippen molar-refractivity contribution in [1.29, 1.82) is 5.26 Å². The summed E-state index contributed by atoms with van der Waals surface area (Å²) in [6.45, 7) is 2.04. The van der Waals surface area contributed by atoms with E-state index in [9.17, 15) is 4.91 Å². The molecule has 1 atom stereocenters. The third-order valence-electron chi connectivity index (χ3n) is 0.682. The molecule has 0 rings (SSSR count). The predicted molar refractivity (Wildman–Crippen MR) is 28.6 cm³/mol. The highest BCUT2D eigenvalue weighted by Gasteiger charge is 1.94. The van der Waals surface area contributed by atoms with Crippen LogP contribution in [0.4, 0.5) is 0 Å². The Bertz CT molecular complexity index is 106. The lowest BCUT2D eigenvalue weighted by molar-refractivity contribution is 0.623. The van der Waals surface area contributed by atoms with E-state index in [1.54, 1.807) is 6.92 Å². The van der Waals surface area contributed by atoms with E-state index in [2.05, 4.69) is 10.7 Å². The van der Waals surface area contributed by atoms with E-state index in [1.165, 1.54) is 0 Å². The molecule has 0 heterocycles. The van der Waals surface area contributed by atoms with Crippen LogP contribution < -0.4 is 5.43 Å². The fourth-order valence-electron chi connectivity index (χ4n) is 0.220. The van der Waals surface area contributed by atoms with Crippen molar-refractivity contribution in [2.45, 2.75) is 6.92 Å². The fraction of sp³-hybridized carbons (Fsp3) is 0.750. The molecule has 0 bridgehead atoms. The first-order valence-electron chi connectivity index (χ1n) is 2.26. The van der Waals surface area contributed by atoms with Crippen molar-refractivity contribution in [2.75, 3.05) is 6.54 Å². The van der Waals surface area contributed by atoms with Crippen molar-refractivity contribution in [3.05, 3.63) is 4.91 Å². The Morgan fingerprint density at radius 3 is 3.00 bits per heavy atom. The topological polar surface area (TPSA) is 65.2 Å². The fourth-order valence-corrected chi connectivity index (χ4v) is 0.220. The summed E-state index contributed by atoms with van der Waals surface area (Å²) in [5, 5.41) is 10.5. The van der Waals surface area contributed by atoms with Crippen molar-refractivity contribution in [2.24, 2.45) is 11.2 Å². The highest BCUT2D eigenvalue weighted by atomic mass is 16.3. The summed E-state index contributed by atoms with van der Waals surface area (Å²) in [6.07, 6.45) is 0. The summed E-state index contributed by atoms with van der Waals surface area (Å²) in [7, 11) is 0. The van der Waals surface area contributed by atoms with Gasteiger partial charge in [0.2, 0.25) is 0 Å². The minimum Gasteiger partial charge on any atom is -0.272 e. The average Bonchev–Trinajstić information content (AvgIpc) is 1.83. The standard InChI is InChI=1S/C4H7N3O/c1-4(2-5)3-6-7-8/h4H,3H2,1H3,(H,6,8). The Balaban J connectivity index is 3.14. The van der Waals surface area contributed by atoms with E-state index in [1.807, 2.05) is 6.07 Å². The first-order valence-corrected chi connectivity index (χ1v) is 2.26. The minimum absolute atomic E-state index is 0.146. The van der Waals surface area contributed by atoms with Crippen LogP contribution in [0.15, 0.2) is 5.29 Å². The smallest absolute Gasteiger partial charge is 0.0672 e. The van der Waals surface area contributed by atoms with Gasteiger partial charge in [-0.2, -0.15) is 5.26 Å². The zero-order valence-electron chi connectivity index (χ0n) is 4.59. The number of nitriles is 1. The van der Waals surface area contributed by atoms with Gasteiger partial charge in [0.25, 0.3) is 0 Å². The molecule has 1 unspecified atom stereocenters. The lowest BCUT2D eigenvalue weighted by Gasteiger charge is -1.94. The van der Waals surface area contributed by atoms with Gasteiger partial charge < -0.3 is 0 Å². The van der Waals surface area contributed by atoms with E-state index in [0.717, 1.165) is 0 Å². The zero-order valence-corrected chi connectivity index (χ0v) is 4.59. The van der Waals surface area contributed by atoms with Gasteiger partial charge in [0.15, 0.2) is 0 Å². The molecule has 0 aliphatic carbocycles. The number of nitrogens with zero attached hydrogens (tertiary/aromatic N) is 2. The summed E-state index contributed by atoms with van der Waals surface area (Å²) >= 11 is 0. The van der Waals surface area contributed by atoms with Crippen molar-refractivity contribution in [3.63, 3.8) is 0 Å².